The Bertz CT molecular complexity index is 875. The molecule has 0 unspecified atom stereocenters. The van der Waals surface area contributed by atoms with Crippen molar-refractivity contribution < 1.29 is 13.2 Å². The predicted octanol–water partition coefficient (Wildman–Crippen LogP) is 3.98. The zero-order valence-electron chi connectivity index (χ0n) is 17.1. The van der Waals surface area contributed by atoms with Gasteiger partial charge >= 0.3 is 0 Å². The van der Waals surface area contributed by atoms with E-state index in [1.165, 1.54) is 16.1 Å². The van der Waals surface area contributed by atoms with Crippen LogP contribution >= 0.6 is 0 Å². The lowest BCUT2D eigenvalue weighted by molar-refractivity contribution is -0.121. The zero-order chi connectivity index (χ0) is 20.7. The molecule has 0 bridgehead atoms. The summed E-state index contributed by atoms with van der Waals surface area (Å²) in [6.45, 7) is 6.29. The molecule has 0 saturated carbocycles. The number of anilines is 1. The highest BCUT2D eigenvalue weighted by Gasteiger charge is 2.18. The lowest BCUT2D eigenvalue weighted by atomic mass is 10.0. The van der Waals surface area contributed by atoms with Gasteiger partial charge in [0.25, 0.3) is 0 Å². The first kappa shape index (κ1) is 22.0. The van der Waals surface area contributed by atoms with E-state index in [1.807, 2.05) is 38.1 Å². The lowest BCUT2D eigenvalue weighted by Crippen LogP contribution is -2.32. The second-order valence-corrected chi connectivity index (χ2v) is 9.07. The highest BCUT2D eigenvalue weighted by molar-refractivity contribution is 7.92. The molecule has 0 aliphatic rings. The van der Waals surface area contributed by atoms with Gasteiger partial charge in [0.15, 0.2) is 0 Å². The van der Waals surface area contributed by atoms with E-state index in [-0.39, 0.29) is 24.9 Å². The Hall–Kier alpha value is -2.34. The van der Waals surface area contributed by atoms with Crippen LogP contribution in [-0.2, 0) is 21.2 Å². The summed E-state index contributed by atoms with van der Waals surface area (Å²) in [6.07, 6.45) is 2.90. The Morgan fingerprint density at radius 3 is 2.21 bits per heavy atom. The van der Waals surface area contributed by atoms with Gasteiger partial charge in [-0.05, 0) is 49.9 Å². The molecule has 2 rings (SSSR count). The monoisotopic (exact) mass is 402 g/mol. The van der Waals surface area contributed by atoms with Crippen molar-refractivity contribution in [1.82, 2.24) is 5.32 Å². The van der Waals surface area contributed by atoms with E-state index in [0.717, 1.165) is 17.5 Å². The maximum absolute atomic E-state index is 12.3. The molecule has 5 nitrogen and oxygen atoms in total. The molecule has 1 N–H and O–H groups in total. The molecule has 1 atom stereocenters. The van der Waals surface area contributed by atoms with E-state index in [2.05, 4.69) is 24.4 Å². The van der Waals surface area contributed by atoms with Crippen molar-refractivity contribution in [2.75, 3.05) is 17.1 Å². The van der Waals surface area contributed by atoms with Crippen LogP contribution in [0.15, 0.2) is 48.5 Å². The SMILES string of the molecule is CCc1ccc([C@H](C)NC(=O)CCCN(c2ccc(C)cc2)S(C)(=O)=O)cc1. The molecule has 0 aliphatic carbocycles. The van der Waals surface area contributed by atoms with Crippen LogP contribution in [0.1, 0.15) is 49.4 Å². The Labute approximate surface area is 168 Å². The number of hydrogen-bond donors (Lipinski definition) is 1. The van der Waals surface area contributed by atoms with Gasteiger partial charge in [-0.3, -0.25) is 9.10 Å². The third-order valence-electron chi connectivity index (χ3n) is 4.75. The molecule has 0 heterocycles. The zero-order valence-corrected chi connectivity index (χ0v) is 17.9. The number of carbonyl (C=O) groups excluding carboxylic acids is 1. The van der Waals surface area contributed by atoms with Crippen LogP contribution in [0.2, 0.25) is 0 Å². The Balaban J connectivity index is 1.90. The fourth-order valence-corrected chi connectivity index (χ4v) is 3.99. The van der Waals surface area contributed by atoms with E-state index in [1.54, 1.807) is 12.1 Å². The molecule has 0 spiro atoms. The molecule has 2 aromatic rings. The van der Waals surface area contributed by atoms with Crippen molar-refractivity contribution >= 4 is 21.6 Å². The van der Waals surface area contributed by atoms with E-state index in [0.29, 0.717) is 12.1 Å². The van der Waals surface area contributed by atoms with Crippen molar-refractivity contribution in [3.05, 3.63) is 65.2 Å². The normalized spacial score (nSPS) is 12.4. The minimum Gasteiger partial charge on any atom is -0.350 e. The fourth-order valence-electron chi connectivity index (χ4n) is 3.02. The standard InChI is InChI=1S/C22H30N2O3S/c1-5-19-10-12-20(13-11-19)18(3)23-22(25)7-6-16-24(28(4,26)27)21-14-8-17(2)9-15-21/h8-15,18H,5-7,16H2,1-4H3,(H,23,25)/t18-/m0/s1. The molecular weight excluding hydrogens is 372 g/mol. The first-order valence-electron chi connectivity index (χ1n) is 9.63. The molecule has 28 heavy (non-hydrogen) atoms. The quantitative estimate of drug-likeness (QED) is 0.690. The van der Waals surface area contributed by atoms with Gasteiger partial charge in [0, 0.05) is 13.0 Å². The van der Waals surface area contributed by atoms with Crippen LogP contribution in [0.5, 0.6) is 0 Å². The molecule has 0 saturated heterocycles. The maximum atomic E-state index is 12.3. The van der Waals surface area contributed by atoms with E-state index >= 15 is 0 Å². The summed E-state index contributed by atoms with van der Waals surface area (Å²) < 4.78 is 25.6. The summed E-state index contributed by atoms with van der Waals surface area (Å²) in [7, 11) is -3.40. The van der Waals surface area contributed by atoms with Crippen LogP contribution in [0, 0.1) is 6.92 Å². The average molecular weight is 403 g/mol. The Morgan fingerprint density at radius 2 is 1.68 bits per heavy atom. The molecular formula is C22H30N2O3S. The molecule has 6 heteroatoms. The molecule has 0 aromatic heterocycles. The van der Waals surface area contributed by atoms with Crippen molar-refractivity contribution in [2.24, 2.45) is 0 Å². The number of rotatable bonds is 9. The van der Waals surface area contributed by atoms with Gasteiger partial charge in [-0.15, -0.1) is 0 Å². The molecule has 0 radical (unpaired) electrons. The number of nitrogens with one attached hydrogen (secondary N) is 1. The van der Waals surface area contributed by atoms with E-state index < -0.39 is 10.0 Å². The van der Waals surface area contributed by atoms with Crippen molar-refractivity contribution in [2.45, 2.75) is 46.1 Å². The molecule has 0 aliphatic heterocycles. The van der Waals surface area contributed by atoms with Gasteiger partial charge in [-0.2, -0.15) is 0 Å². The van der Waals surface area contributed by atoms with Gasteiger partial charge in [0.05, 0.1) is 18.0 Å². The summed E-state index contributed by atoms with van der Waals surface area (Å²) in [5, 5.41) is 2.99. The van der Waals surface area contributed by atoms with Gasteiger partial charge in [0.2, 0.25) is 15.9 Å². The van der Waals surface area contributed by atoms with Gasteiger partial charge in [0.1, 0.15) is 0 Å². The highest BCUT2D eigenvalue weighted by Crippen LogP contribution is 2.19. The van der Waals surface area contributed by atoms with Gasteiger partial charge in [-0.25, -0.2) is 8.42 Å². The van der Waals surface area contributed by atoms with Crippen molar-refractivity contribution in [3.8, 4) is 0 Å². The van der Waals surface area contributed by atoms with Crippen LogP contribution in [0.25, 0.3) is 0 Å². The largest absolute Gasteiger partial charge is 0.350 e. The smallest absolute Gasteiger partial charge is 0.232 e. The van der Waals surface area contributed by atoms with E-state index in [4.69, 9.17) is 0 Å². The lowest BCUT2D eigenvalue weighted by Gasteiger charge is -2.22. The molecule has 152 valence electrons. The Kier molecular flexibility index (Phi) is 7.63. The van der Waals surface area contributed by atoms with E-state index in [9.17, 15) is 13.2 Å². The number of amides is 1. The molecule has 2 aromatic carbocycles. The summed E-state index contributed by atoms with van der Waals surface area (Å²) in [5.41, 5.74) is 4.01. The first-order valence-corrected chi connectivity index (χ1v) is 11.5. The van der Waals surface area contributed by atoms with Crippen molar-refractivity contribution in [3.63, 3.8) is 0 Å². The molecule has 0 fully saturated rings. The summed E-state index contributed by atoms with van der Waals surface area (Å²) in [5.74, 6) is -0.0792. The minimum absolute atomic E-state index is 0.0792. The number of aryl methyl sites for hydroxylation is 2. The third kappa shape index (κ3) is 6.37. The van der Waals surface area contributed by atoms with Gasteiger partial charge < -0.3 is 5.32 Å². The average Bonchev–Trinajstić information content (AvgIpc) is 2.65. The fraction of sp³-hybridized carbons (Fsp3) is 0.409. The maximum Gasteiger partial charge on any atom is 0.232 e. The highest BCUT2D eigenvalue weighted by atomic mass is 32.2. The second kappa shape index (κ2) is 9.73. The number of benzene rings is 2. The third-order valence-corrected chi connectivity index (χ3v) is 5.95. The number of sulfonamides is 1. The Morgan fingerprint density at radius 1 is 1.07 bits per heavy atom. The number of carbonyl (C=O) groups is 1. The molecule has 1 amide bonds. The topological polar surface area (TPSA) is 66.5 Å². The summed E-state index contributed by atoms with van der Waals surface area (Å²) >= 11 is 0. The number of hydrogen-bond acceptors (Lipinski definition) is 3. The van der Waals surface area contributed by atoms with Crippen LogP contribution in [-0.4, -0.2) is 27.1 Å². The van der Waals surface area contributed by atoms with Gasteiger partial charge in [-0.1, -0.05) is 48.9 Å². The van der Waals surface area contributed by atoms with Crippen LogP contribution in [0.4, 0.5) is 5.69 Å². The minimum atomic E-state index is -3.40. The second-order valence-electron chi connectivity index (χ2n) is 7.16. The first-order chi connectivity index (χ1) is 13.2. The summed E-state index contributed by atoms with van der Waals surface area (Å²) in [6, 6.07) is 15.5. The number of nitrogens with zero attached hydrogens (tertiary/aromatic N) is 1. The van der Waals surface area contributed by atoms with Crippen LogP contribution in [0.3, 0.4) is 0 Å². The van der Waals surface area contributed by atoms with Crippen LogP contribution < -0.4 is 9.62 Å². The summed E-state index contributed by atoms with van der Waals surface area (Å²) in [4.78, 5) is 12.3. The predicted molar refractivity (Wildman–Crippen MR) is 115 cm³/mol. The van der Waals surface area contributed by atoms with Crippen molar-refractivity contribution in [1.29, 1.82) is 0 Å².